The summed E-state index contributed by atoms with van der Waals surface area (Å²) in [6.45, 7) is 7.50. The molecule has 0 radical (unpaired) electrons. The number of hydrogen-bond acceptors (Lipinski definition) is 6. The standard InChI is InChI=1S/C25H32N8O/c1-17-13-18(14-26)24(34)33(19-7-5-6-8-19)23(17)30-25(27-2)29-22-10-9-20(15-28-22)32-12-11-21(16-32)31(3)4/h9-10,13,15,19,21H,2,5-8,11-12,16H2,1,3-4H3,(H,28,29,30)/t21-/m0/s1. The molecular weight excluding hydrogens is 428 g/mol. The van der Waals surface area contributed by atoms with Crippen molar-refractivity contribution in [2.45, 2.75) is 51.1 Å². The Morgan fingerprint density at radius 3 is 2.65 bits per heavy atom. The van der Waals surface area contributed by atoms with Crippen molar-refractivity contribution in [3.8, 4) is 6.07 Å². The molecule has 0 unspecified atom stereocenters. The van der Waals surface area contributed by atoms with E-state index in [1.807, 2.05) is 31.3 Å². The molecule has 1 saturated carbocycles. The van der Waals surface area contributed by atoms with Crippen molar-refractivity contribution in [2.75, 3.05) is 37.4 Å². The minimum Gasteiger partial charge on any atom is -0.369 e. The number of nitrogens with zero attached hydrogens (tertiary/aromatic N) is 7. The first-order chi connectivity index (χ1) is 16.4. The van der Waals surface area contributed by atoms with Gasteiger partial charge < -0.3 is 15.1 Å². The molecule has 2 aromatic rings. The highest BCUT2D eigenvalue weighted by molar-refractivity contribution is 5.97. The zero-order valence-corrected chi connectivity index (χ0v) is 20.2. The minimum atomic E-state index is -0.300. The largest absolute Gasteiger partial charge is 0.369 e. The molecule has 0 amide bonds. The number of rotatable bonds is 5. The van der Waals surface area contributed by atoms with E-state index < -0.39 is 0 Å². The van der Waals surface area contributed by atoms with Gasteiger partial charge in [0.05, 0.1) is 11.9 Å². The number of guanidine groups is 1. The van der Waals surface area contributed by atoms with E-state index in [-0.39, 0.29) is 23.1 Å². The minimum absolute atomic E-state index is 0.0353. The summed E-state index contributed by atoms with van der Waals surface area (Å²) in [6, 6.07) is 8.14. The number of aliphatic imine (C=N–C) groups is 2. The van der Waals surface area contributed by atoms with Crippen molar-refractivity contribution in [2.24, 2.45) is 9.98 Å². The third kappa shape index (κ3) is 4.87. The van der Waals surface area contributed by atoms with E-state index in [1.165, 1.54) is 0 Å². The van der Waals surface area contributed by atoms with Gasteiger partial charge >= 0.3 is 0 Å². The molecule has 0 spiro atoms. The van der Waals surface area contributed by atoms with Gasteiger partial charge in [0.2, 0.25) is 5.96 Å². The number of nitriles is 1. The van der Waals surface area contributed by atoms with Crippen LogP contribution in [0.2, 0.25) is 0 Å². The number of aromatic nitrogens is 2. The predicted molar refractivity (Wildman–Crippen MR) is 136 cm³/mol. The van der Waals surface area contributed by atoms with E-state index in [0.717, 1.165) is 56.4 Å². The van der Waals surface area contributed by atoms with Crippen LogP contribution in [0.4, 0.5) is 17.3 Å². The molecule has 2 aliphatic rings. The molecule has 9 nitrogen and oxygen atoms in total. The Morgan fingerprint density at radius 2 is 2.06 bits per heavy atom. The second kappa shape index (κ2) is 10.2. The molecule has 178 valence electrons. The molecule has 2 fully saturated rings. The molecule has 1 aliphatic heterocycles. The Morgan fingerprint density at radius 1 is 1.29 bits per heavy atom. The molecule has 3 heterocycles. The van der Waals surface area contributed by atoms with Gasteiger partial charge in [-0.05, 0) is 70.8 Å². The fourth-order valence-corrected chi connectivity index (χ4v) is 4.84. The Kier molecular flexibility index (Phi) is 7.08. The fourth-order valence-electron chi connectivity index (χ4n) is 4.84. The summed E-state index contributed by atoms with van der Waals surface area (Å²) in [5.74, 6) is 1.36. The van der Waals surface area contributed by atoms with Crippen molar-refractivity contribution < 1.29 is 0 Å². The van der Waals surface area contributed by atoms with Crippen LogP contribution in [0.15, 0.2) is 39.2 Å². The summed E-state index contributed by atoms with van der Waals surface area (Å²) in [4.78, 5) is 30.8. The average Bonchev–Trinajstić information content (AvgIpc) is 3.54. The lowest BCUT2D eigenvalue weighted by Gasteiger charge is -2.21. The first-order valence-electron chi connectivity index (χ1n) is 11.8. The first kappa shape index (κ1) is 23.6. The molecule has 1 saturated heterocycles. The molecule has 2 aromatic heterocycles. The lowest BCUT2D eigenvalue weighted by atomic mass is 10.1. The summed E-state index contributed by atoms with van der Waals surface area (Å²) >= 11 is 0. The Balaban J connectivity index is 1.59. The van der Waals surface area contributed by atoms with Gasteiger partial charge in [-0.2, -0.15) is 10.3 Å². The molecule has 34 heavy (non-hydrogen) atoms. The zero-order chi connectivity index (χ0) is 24.2. The highest BCUT2D eigenvalue weighted by atomic mass is 16.1. The lowest BCUT2D eigenvalue weighted by Crippen LogP contribution is -2.31. The summed E-state index contributed by atoms with van der Waals surface area (Å²) in [7, 11) is 4.23. The van der Waals surface area contributed by atoms with Gasteiger partial charge in [-0.25, -0.2) is 9.98 Å². The highest BCUT2D eigenvalue weighted by Crippen LogP contribution is 2.33. The third-order valence-electron chi connectivity index (χ3n) is 6.81. The summed E-state index contributed by atoms with van der Waals surface area (Å²) < 4.78 is 1.67. The molecule has 0 bridgehead atoms. The van der Waals surface area contributed by atoms with E-state index in [0.29, 0.717) is 17.7 Å². The normalized spacial score (nSPS) is 19.0. The van der Waals surface area contributed by atoms with Crippen molar-refractivity contribution in [3.63, 3.8) is 0 Å². The maximum Gasteiger partial charge on any atom is 0.270 e. The zero-order valence-electron chi connectivity index (χ0n) is 20.2. The number of nitrogens with one attached hydrogen (secondary N) is 1. The van der Waals surface area contributed by atoms with Crippen molar-refractivity contribution >= 4 is 30.0 Å². The molecule has 4 rings (SSSR count). The van der Waals surface area contributed by atoms with Crippen LogP contribution in [0.5, 0.6) is 0 Å². The quantitative estimate of drug-likeness (QED) is 0.541. The van der Waals surface area contributed by atoms with Crippen LogP contribution in [-0.2, 0) is 0 Å². The van der Waals surface area contributed by atoms with Gasteiger partial charge in [0.15, 0.2) is 0 Å². The Hall–Kier alpha value is -3.51. The average molecular weight is 461 g/mol. The molecular formula is C25H32N8O. The van der Waals surface area contributed by atoms with Crippen LogP contribution >= 0.6 is 0 Å². The van der Waals surface area contributed by atoms with Crippen LogP contribution in [0.3, 0.4) is 0 Å². The van der Waals surface area contributed by atoms with E-state index in [1.54, 1.807) is 10.6 Å². The van der Waals surface area contributed by atoms with Crippen molar-refractivity contribution in [1.29, 1.82) is 5.26 Å². The number of hydrogen-bond donors (Lipinski definition) is 1. The van der Waals surface area contributed by atoms with Crippen LogP contribution in [0, 0.1) is 18.3 Å². The second-order valence-corrected chi connectivity index (χ2v) is 9.26. The van der Waals surface area contributed by atoms with Crippen LogP contribution in [-0.4, -0.2) is 60.4 Å². The topological polar surface area (TPSA) is 102 Å². The van der Waals surface area contributed by atoms with E-state index in [2.05, 4.69) is 50.9 Å². The first-order valence-corrected chi connectivity index (χ1v) is 11.8. The SMILES string of the molecule is C=NC(=Nc1c(C)cc(C#N)c(=O)n1C1CCCC1)Nc1ccc(N2CC[C@H](N(C)C)C2)cn1. The predicted octanol–water partition coefficient (Wildman–Crippen LogP) is 3.48. The number of aryl methyl sites for hydroxylation is 1. The molecule has 1 aliphatic carbocycles. The monoisotopic (exact) mass is 460 g/mol. The molecule has 1 atom stereocenters. The van der Waals surface area contributed by atoms with Gasteiger partial charge in [-0.1, -0.05) is 12.8 Å². The number of anilines is 2. The Labute approximate surface area is 200 Å². The fraction of sp³-hybridized carbons (Fsp3) is 0.480. The summed E-state index contributed by atoms with van der Waals surface area (Å²) in [5.41, 5.74) is 1.67. The smallest absolute Gasteiger partial charge is 0.270 e. The van der Waals surface area contributed by atoms with Gasteiger partial charge in [0.1, 0.15) is 23.3 Å². The van der Waals surface area contributed by atoms with Crippen LogP contribution in [0.1, 0.15) is 49.3 Å². The van der Waals surface area contributed by atoms with Gasteiger partial charge in [-0.15, -0.1) is 0 Å². The second-order valence-electron chi connectivity index (χ2n) is 9.26. The van der Waals surface area contributed by atoms with Crippen LogP contribution in [0.25, 0.3) is 0 Å². The van der Waals surface area contributed by atoms with Gasteiger partial charge in [0, 0.05) is 25.2 Å². The lowest BCUT2D eigenvalue weighted by molar-refractivity contribution is 0.315. The van der Waals surface area contributed by atoms with E-state index >= 15 is 0 Å². The summed E-state index contributed by atoms with van der Waals surface area (Å²) in [6.07, 6.45) is 6.90. The number of pyridine rings is 2. The van der Waals surface area contributed by atoms with Crippen molar-refractivity contribution in [3.05, 3.63) is 45.9 Å². The van der Waals surface area contributed by atoms with Crippen molar-refractivity contribution in [1.82, 2.24) is 14.5 Å². The van der Waals surface area contributed by atoms with Gasteiger partial charge in [-0.3, -0.25) is 9.36 Å². The molecule has 1 N–H and O–H groups in total. The Bertz CT molecular complexity index is 1170. The highest BCUT2D eigenvalue weighted by Gasteiger charge is 2.25. The third-order valence-corrected chi connectivity index (χ3v) is 6.81. The number of likely N-dealkylation sites (N-methyl/N-ethyl adjacent to an activating group) is 1. The van der Waals surface area contributed by atoms with E-state index in [9.17, 15) is 10.1 Å². The van der Waals surface area contributed by atoms with Gasteiger partial charge in [0.25, 0.3) is 5.56 Å². The maximum absolute atomic E-state index is 13.0. The summed E-state index contributed by atoms with van der Waals surface area (Å²) in [5, 5.41) is 12.5. The molecule has 9 heteroatoms. The van der Waals surface area contributed by atoms with Crippen LogP contribution < -0.4 is 15.8 Å². The van der Waals surface area contributed by atoms with E-state index in [4.69, 9.17) is 0 Å². The molecule has 0 aromatic carbocycles. The maximum atomic E-state index is 13.0.